The largest absolute Gasteiger partial charge is 0.423 e. The second-order valence-corrected chi connectivity index (χ2v) is 9.92. The van der Waals surface area contributed by atoms with E-state index in [1.807, 2.05) is 6.92 Å². The predicted octanol–water partition coefficient (Wildman–Crippen LogP) is 3.54. The minimum absolute atomic E-state index is 0.0852. The number of aromatic nitrogens is 1. The van der Waals surface area contributed by atoms with Crippen LogP contribution in [-0.4, -0.2) is 28.1 Å². The van der Waals surface area contributed by atoms with Crippen molar-refractivity contribution in [2.45, 2.75) is 21.9 Å². The molecular formula is C17H14ClNO5S2. The van der Waals surface area contributed by atoms with Crippen LogP contribution in [0.4, 0.5) is 0 Å². The summed E-state index contributed by atoms with van der Waals surface area (Å²) in [6.45, 7) is 1.89. The first kappa shape index (κ1) is 18.6. The van der Waals surface area contributed by atoms with Crippen LogP contribution in [0.2, 0.25) is 5.02 Å². The summed E-state index contributed by atoms with van der Waals surface area (Å²) in [5, 5.41) is -0.978. The second-order valence-electron chi connectivity index (χ2n) is 5.71. The highest BCUT2D eigenvalue weighted by molar-refractivity contribution is 7.94. The normalized spacial score (nSPS) is 12.3. The third-order valence-electron chi connectivity index (χ3n) is 3.58. The van der Waals surface area contributed by atoms with Crippen molar-refractivity contribution in [2.75, 3.05) is 6.26 Å². The average molecular weight is 412 g/mol. The zero-order valence-electron chi connectivity index (χ0n) is 13.8. The van der Waals surface area contributed by atoms with Crippen molar-refractivity contribution in [1.29, 1.82) is 0 Å². The summed E-state index contributed by atoms with van der Waals surface area (Å²) in [6, 6.07) is 12.3. The number of nitrogens with zero attached hydrogens (tertiary/aromatic N) is 1. The molecule has 0 fully saturated rings. The lowest BCUT2D eigenvalue weighted by atomic mass is 10.1. The molecule has 0 aliphatic heterocycles. The Bertz CT molecular complexity index is 1160. The van der Waals surface area contributed by atoms with Crippen molar-refractivity contribution in [3.63, 3.8) is 0 Å². The zero-order chi connectivity index (χ0) is 19.1. The summed E-state index contributed by atoms with van der Waals surface area (Å²) < 4.78 is 55.2. The van der Waals surface area contributed by atoms with Gasteiger partial charge in [0.1, 0.15) is 0 Å². The maximum absolute atomic E-state index is 12.9. The van der Waals surface area contributed by atoms with E-state index in [1.54, 1.807) is 24.3 Å². The van der Waals surface area contributed by atoms with Gasteiger partial charge in [-0.3, -0.25) is 0 Å². The van der Waals surface area contributed by atoms with Crippen molar-refractivity contribution in [3.05, 3.63) is 59.1 Å². The monoisotopic (exact) mass is 411 g/mol. The van der Waals surface area contributed by atoms with Gasteiger partial charge < -0.3 is 4.42 Å². The van der Waals surface area contributed by atoms with Gasteiger partial charge in [0.15, 0.2) is 0 Å². The van der Waals surface area contributed by atoms with E-state index in [0.717, 1.165) is 11.8 Å². The van der Waals surface area contributed by atoms with Crippen LogP contribution in [0, 0.1) is 6.92 Å². The molecule has 0 amide bonds. The summed E-state index contributed by atoms with van der Waals surface area (Å²) in [4.78, 5) is 3.85. The highest BCUT2D eigenvalue weighted by atomic mass is 35.5. The molecule has 0 radical (unpaired) electrons. The highest BCUT2D eigenvalue weighted by Crippen LogP contribution is 2.32. The second kappa shape index (κ2) is 6.53. The molecule has 3 rings (SSSR count). The molecule has 0 bridgehead atoms. The number of halogens is 1. The van der Waals surface area contributed by atoms with E-state index >= 15 is 0 Å². The fourth-order valence-corrected chi connectivity index (χ4v) is 4.93. The van der Waals surface area contributed by atoms with Gasteiger partial charge in [0.05, 0.1) is 4.90 Å². The Labute approximate surface area is 156 Å². The molecule has 136 valence electrons. The Kier molecular flexibility index (Phi) is 4.68. The highest BCUT2D eigenvalue weighted by Gasteiger charge is 2.33. The van der Waals surface area contributed by atoms with Crippen LogP contribution in [0.3, 0.4) is 0 Å². The first-order valence-corrected chi connectivity index (χ1v) is 11.1. The van der Waals surface area contributed by atoms with Crippen molar-refractivity contribution < 1.29 is 21.3 Å². The number of sulfone groups is 2. The molecule has 0 N–H and O–H groups in total. The van der Waals surface area contributed by atoms with E-state index in [-0.39, 0.29) is 10.8 Å². The molecule has 2 aromatic carbocycles. The molecule has 0 aliphatic carbocycles. The van der Waals surface area contributed by atoms with E-state index < -0.39 is 29.8 Å². The van der Waals surface area contributed by atoms with Crippen LogP contribution in [0.15, 0.2) is 68.0 Å². The summed E-state index contributed by atoms with van der Waals surface area (Å²) in [6.07, 6.45) is 0.868. The SMILES string of the molecule is Cc1ccc(-c2nc(S(=O)(=O)c3ccc(Cl)cc3)c(S(C)(=O)=O)o2)cc1. The smallest absolute Gasteiger partial charge is 0.258 e. The fourth-order valence-electron chi connectivity index (χ4n) is 2.24. The van der Waals surface area contributed by atoms with Crippen LogP contribution < -0.4 is 0 Å². The number of oxazole rings is 1. The quantitative estimate of drug-likeness (QED) is 0.651. The Morgan fingerprint density at radius 1 is 0.923 bits per heavy atom. The number of aryl methyl sites for hydroxylation is 1. The van der Waals surface area contributed by atoms with Crippen LogP contribution in [0.25, 0.3) is 11.5 Å². The Morgan fingerprint density at radius 2 is 1.50 bits per heavy atom. The molecule has 0 aliphatic rings. The van der Waals surface area contributed by atoms with Gasteiger partial charge in [0.25, 0.3) is 5.09 Å². The summed E-state index contributed by atoms with van der Waals surface area (Å²) in [7, 11) is -8.17. The Hall–Kier alpha value is -2.16. The van der Waals surface area contributed by atoms with Crippen molar-refractivity contribution in [3.8, 4) is 11.5 Å². The summed E-state index contributed by atoms with van der Waals surface area (Å²) >= 11 is 5.78. The van der Waals surface area contributed by atoms with E-state index in [4.69, 9.17) is 16.0 Å². The van der Waals surface area contributed by atoms with Gasteiger partial charge in [0.2, 0.25) is 30.6 Å². The minimum atomic E-state index is -4.21. The third-order valence-corrected chi connectivity index (χ3v) is 6.59. The van der Waals surface area contributed by atoms with Gasteiger partial charge >= 0.3 is 0 Å². The van der Waals surface area contributed by atoms with Gasteiger partial charge in [-0.2, -0.15) is 4.98 Å². The molecular weight excluding hydrogens is 398 g/mol. The van der Waals surface area contributed by atoms with E-state index in [9.17, 15) is 16.8 Å². The topological polar surface area (TPSA) is 94.3 Å². The molecule has 9 heteroatoms. The Morgan fingerprint density at radius 3 is 2.04 bits per heavy atom. The van der Waals surface area contributed by atoms with Gasteiger partial charge in [0, 0.05) is 16.8 Å². The van der Waals surface area contributed by atoms with E-state index in [0.29, 0.717) is 10.6 Å². The van der Waals surface area contributed by atoms with Crippen LogP contribution in [0.5, 0.6) is 0 Å². The van der Waals surface area contributed by atoms with Crippen molar-refractivity contribution in [2.24, 2.45) is 0 Å². The first-order valence-electron chi connectivity index (χ1n) is 7.37. The molecule has 3 aromatic rings. The van der Waals surface area contributed by atoms with Gasteiger partial charge in [-0.15, -0.1) is 0 Å². The lowest BCUT2D eigenvalue weighted by Crippen LogP contribution is -2.08. The van der Waals surface area contributed by atoms with Gasteiger partial charge in [-0.1, -0.05) is 29.3 Å². The minimum Gasteiger partial charge on any atom is -0.423 e. The number of benzene rings is 2. The van der Waals surface area contributed by atoms with E-state index in [1.165, 1.54) is 24.3 Å². The summed E-state index contributed by atoms with van der Waals surface area (Å²) in [5.41, 5.74) is 1.45. The van der Waals surface area contributed by atoms with Gasteiger partial charge in [-0.05, 0) is 43.3 Å². The number of hydrogen-bond donors (Lipinski definition) is 0. The molecule has 6 nitrogen and oxygen atoms in total. The molecule has 1 aromatic heterocycles. The molecule has 0 saturated heterocycles. The molecule has 0 unspecified atom stereocenters. The van der Waals surface area contributed by atoms with E-state index in [2.05, 4.69) is 4.98 Å². The third kappa shape index (κ3) is 3.53. The zero-order valence-corrected chi connectivity index (χ0v) is 16.2. The Balaban J connectivity index is 2.23. The fraction of sp³-hybridized carbons (Fsp3) is 0.118. The number of rotatable bonds is 4. The standard InChI is InChI=1S/C17H14ClNO5S2/c1-11-3-5-12(6-4-11)15-19-16(17(24-15)25(2,20)21)26(22,23)14-9-7-13(18)8-10-14/h3-10H,1-2H3. The van der Waals surface area contributed by atoms with Crippen LogP contribution in [0.1, 0.15) is 5.56 Å². The maximum Gasteiger partial charge on any atom is 0.258 e. The van der Waals surface area contributed by atoms with Gasteiger partial charge in [-0.25, -0.2) is 16.8 Å². The maximum atomic E-state index is 12.9. The molecule has 0 atom stereocenters. The molecule has 26 heavy (non-hydrogen) atoms. The predicted molar refractivity (Wildman–Crippen MR) is 96.7 cm³/mol. The molecule has 0 spiro atoms. The number of hydrogen-bond acceptors (Lipinski definition) is 6. The summed E-state index contributed by atoms with van der Waals surface area (Å²) in [5.74, 6) is -0.0852. The lowest BCUT2D eigenvalue weighted by molar-refractivity contribution is 0.447. The molecule has 1 heterocycles. The van der Waals surface area contributed by atoms with Crippen LogP contribution in [-0.2, 0) is 19.7 Å². The first-order chi connectivity index (χ1) is 12.1. The van der Waals surface area contributed by atoms with Crippen molar-refractivity contribution in [1.82, 2.24) is 4.98 Å². The molecule has 0 saturated carbocycles. The average Bonchev–Trinajstić information content (AvgIpc) is 3.02. The lowest BCUT2D eigenvalue weighted by Gasteiger charge is -2.02. The van der Waals surface area contributed by atoms with Crippen molar-refractivity contribution >= 4 is 31.3 Å². The van der Waals surface area contributed by atoms with Crippen LogP contribution >= 0.6 is 11.6 Å².